The molecular formula is C21H22ClN5O2S. The predicted octanol–water partition coefficient (Wildman–Crippen LogP) is 3.88. The Balaban J connectivity index is 2.09. The standard InChI is InChI=1S/C21H22ClN5O2S/c1-21(2,3)24-19(28)18(14-8-10-23-11-9-14)27(20(29)17-13-30-26-25-17)12-15-6-4-5-7-16(15)22/h4-11,13,18H,12H2,1-3H3,(H,24,28)/t18-/m0/s1. The van der Waals surface area contributed by atoms with Gasteiger partial charge >= 0.3 is 0 Å². The maximum Gasteiger partial charge on any atom is 0.276 e. The molecule has 0 aliphatic carbocycles. The van der Waals surface area contributed by atoms with Crippen molar-refractivity contribution < 1.29 is 9.59 Å². The molecule has 0 spiro atoms. The molecule has 0 saturated heterocycles. The Morgan fingerprint density at radius 1 is 1.17 bits per heavy atom. The molecule has 0 fully saturated rings. The Morgan fingerprint density at radius 3 is 2.47 bits per heavy atom. The molecule has 0 bridgehead atoms. The molecule has 2 heterocycles. The van der Waals surface area contributed by atoms with E-state index in [0.29, 0.717) is 10.6 Å². The van der Waals surface area contributed by atoms with E-state index >= 15 is 0 Å². The largest absolute Gasteiger partial charge is 0.349 e. The summed E-state index contributed by atoms with van der Waals surface area (Å²) in [6.45, 7) is 5.79. The fraction of sp³-hybridized carbons (Fsp3) is 0.286. The fourth-order valence-corrected chi connectivity index (χ4v) is 3.58. The zero-order chi connectivity index (χ0) is 21.7. The number of carbonyl (C=O) groups excluding carboxylic acids is 2. The first kappa shape index (κ1) is 21.9. The van der Waals surface area contributed by atoms with E-state index in [4.69, 9.17) is 11.6 Å². The third-order valence-corrected chi connectivity index (χ3v) is 5.09. The minimum absolute atomic E-state index is 0.126. The van der Waals surface area contributed by atoms with Crippen molar-refractivity contribution in [1.82, 2.24) is 24.8 Å². The number of nitrogens with one attached hydrogen (secondary N) is 1. The number of rotatable bonds is 6. The van der Waals surface area contributed by atoms with Crippen LogP contribution in [0.4, 0.5) is 0 Å². The number of nitrogens with zero attached hydrogens (tertiary/aromatic N) is 4. The van der Waals surface area contributed by atoms with E-state index in [9.17, 15) is 9.59 Å². The van der Waals surface area contributed by atoms with Crippen LogP contribution in [0.5, 0.6) is 0 Å². The van der Waals surface area contributed by atoms with Crippen LogP contribution in [0, 0.1) is 0 Å². The van der Waals surface area contributed by atoms with Crippen molar-refractivity contribution in [2.75, 3.05) is 0 Å². The zero-order valence-corrected chi connectivity index (χ0v) is 18.4. The van der Waals surface area contributed by atoms with Gasteiger partial charge in [-0.05, 0) is 61.6 Å². The number of pyridine rings is 1. The summed E-state index contributed by atoms with van der Waals surface area (Å²) in [6.07, 6.45) is 3.19. The van der Waals surface area contributed by atoms with Crippen molar-refractivity contribution in [3.8, 4) is 0 Å². The Labute approximate surface area is 184 Å². The first-order valence-electron chi connectivity index (χ1n) is 9.29. The van der Waals surface area contributed by atoms with Crippen LogP contribution in [0.1, 0.15) is 48.4 Å². The van der Waals surface area contributed by atoms with Crippen LogP contribution in [-0.4, -0.2) is 36.8 Å². The highest BCUT2D eigenvalue weighted by Gasteiger charge is 2.35. The number of hydrogen-bond acceptors (Lipinski definition) is 6. The van der Waals surface area contributed by atoms with E-state index in [1.54, 1.807) is 36.0 Å². The number of halogens is 1. The second-order valence-electron chi connectivity index (χ2n) is 7.74. The first-order chi connectivity index (χ1) is 14.3. The maximum atomic E-state index is 13.4. The highest BCUT2D eigenvalue weighted by atomic mass is 35.5. The number of hydrogen-bond donors (Lipinski definition) is 1. The molecule has 1 N–H and O–H groups in total. The van der Waals surface area contributed by atoms with Crippen molar-refractivity contribution in [2.45, 2.75) is 38.9 Å². The summed E-state index contributed by atoms with van der Waals surface area (Å²) in [4.78, 5) is 32.3. The molecule has 0 aliphatic rings. The summed E-state index contributed by atoms with van der Waals surface area (Å²) >= 11 is 7.44. The normalized spacial score (nSPS) is 12.3. The lowest BCUT2D eigenvalue weighted by Crippen LogP contribution is -2.49. The van der Waals surface area contributed by atoms with Crippen LogP contribution in [0.25, 0.3) is 0 Å². The van der Waals surface area contributed by atoms with Crippen LogP contribution < -0.4 is 5.32 Å². The zero-order valence-electron chi connectivity index (χ0n) is 16.9. The molecule has 9 heteroatoms. The van der Waals surface area contributed by atoms with Crippen molar-refractivity contribution in [1.29, 1.82) is 0 Å². The van der Waals surface area contributed by atoms with Crippen LogP contribution in [0.2, 0.25) is 5.02 Å². The summed E-state index contributed by atoms with van der Waals surface area (Å²) in [6, 6.07) is 9.77. The third kappa shape index (κ3) is 5.40. The second kappa shape index (κ2) is 9.32. The molecule has 3 aromatic rings. The topological polar surface area (TPSA) is 88.1 Å². The second-order valence-corrected chi connectivity index (χ2v) is 8.75. The summed E-state index contributed by atoms with van der Waals surface area (Å²) in [5, 5.41) is 8.96. The molecule has 2 amide bonds. The summed E-state index contributed by atoms with van der Waals surface area (Å²) < 4.78 is 3.79. The van der Waals surface area contributed by atoms with E-state index in [2.05, 4.69) is 19.9 Å². The molecule has 0 radical (unpaired) electrons. The van der Waals surface area contributed by atoms with Gasteiger partial charge in [0.15, 0.2) is 5.69 Å². The van der Waals surface area contributed by atoms with Gasteiger partial charge in [0.1, 0.15) is 6.04 Å². The lowest BCUT2D eigenvalue weighted by atomic mass is 10.0. The van der Waals surface area contributed by atoms with Gasteiger partial charge in [-0.15, -0.1) is 5.10 Å². The van der Waals surface area contributed by atoms with Gasteiger partial charge in [-0.2, -0.15) is 0 Å². The molecule has 1 aromatic carbocycles. The Bertz CT molecular complexity index is 1010. The number of amides is 2. The molecule has 3 rings (SSSR count). The minimum atomic E-state index is -0.905. The molecule has 7 nitrogen and oxygen atoms in total. The van der Waals surface area contributed by atoms with Crippen molar-refractivity contribution in [3.63, 3.8) is 0 Å². The highest BCUT2D eigenvalue weighted by Crippen LogP contribution is 2.28. The average molecular weight is 444 g/mol. The van der Waals surface area contributed by atoms with Gasteiger partial charge in [0.2, 0.25) is 5.91 Å². The fourth-order valence-electron chi connectivity index (χ4n) is 2.95. The number of carbonyl (C=O) groups is 2. The van der Waals surface area contributed by atoms with Gasteiger partial charge in [0.05, 0.1) is 0 Å². The number of aromatic nitrogens is 3. The Kier molecular flexibility index (Phi) is 6.79. The molecule has 0 unspecified atom stereocenters. The van der Waals surface area contributed by atoms with Gasteiger partial charge in [0, 0.05) is 34.9 Å². The van der Waals surface area contributed by atoms with E-state index in [1.807, 2.05) is 39.0 Å². The van der Waals surface area contributed by atoms with Crippen LogP contribution in [0.3, 0.4) is 0 Å². The van der Waals surface area contributed by atoms with E-state index in [-0.39, 0.29) is 18.1 Å². The van der Waals surface area contributed by atoms with Crippen molar-refractivity contribution in [2.24, 2.45) is 0 Å². The first-order valence-corrected chi connectivity index (χ1v) is 10.5. The molecule has 156 valence electrons. The number of benzene rings is 1. The average Bonchev–Trinajstić information content (AvgIpc) is 3.23. The lowest BCUT2D eigenvalue weighted by Gasteiger charge is -2.33. The molecular weight excluding hydrogens is 422 g/mol. The van der Waals surface area contributed by atoms with Gasteiger partial charge in [-0.3, -0.25) is 14.6 Å². The van der Waals surface area contributed by atoms with Crippen LogP contribution >= 0.6 is 23.1 Å². The third-order valence-electron chi connectivity index (χ3n) is 4.22. The Hall–Kier alpha value is -2.84. The Morgan fingerprint density at radius 2 is 1.87 bits per heavy atom. The van der Waals surface area contributed by atoms with Crippen LogP contribution in [0.15, 0.2) is 54.2 Å². The van der Waals surface area contributed by atoms with E-state index in [1.165, 1.54) is 4.90 Å². The smallest absolute Gasteiger partial charge is 0.276 e. The molecule has 0 saturated carbocycles. The van der Waals surface area contributed by atoms with Gasteiger partial charge in [0.25, 0.3) is 5.91 Å². The van der Waals surface area contributed by atoms with Crippen LogP contribution in [-0.2, 0) is 11.3 Å². The summed E-state index contributed by atoms with van der Waals surface area (Å²) in [5.74, 6) is -0.716. The minimum Gasteiger partial charge on any atom is -0.349 e. The van der Waals surface area contributed by atoms with Crippen molar-refractivity contribution >= 4 is 34.9 Å². The van der Waals surface area contributed by atoms with Gasteiger partial charge in [-0.1, -0.05) is 34.3 Å². The quantitative estimate of drug-likeness (QED) is 0.624. The summed E-state index contributed by atoms with van der Waals surface area (Å²) in [5.41, 5.74) is 1.05. The molecule has 1 atom stereocenters. The van der Waals surface area contributed by atoms with Gasteiger partial charge in [-0.25, -0.2) is 0 Å². The maximum absolute atomic E-state index is 13.4. The monoisotopic (exact) mass is 443 g/mol. The lowest BCUT2D eigenvalue weighted by molar-refractivity contribution is -0.127. The highest BCUT2D eigenvalue weighted by molar-refractivity contribution is 7.03. The van der Waals surface area contributed by atoms with Gasteiger partial charge < -0.3 is 10.2 Å². The SMILES string of the molecule is CC(C)(C)NC(=O)[C@H](c1ccncc1)N(Cc1ccccc1Cl)C(=O)c1csnn1. The predicted molar refractivity (Wildman–Crippen MR) is 116 cm³/mol. The van der Waals surface area contributed by atoms with E-state index < -0.39 is 17.5 Å². The summed E-state index contributed by atoms with van der Waals surface area (Å²) in [7, 11) is 0. The molecule has 0 aliphatic heterocycles. The molecule has 2 aromatic heterocycles. The molecule has 30 heavy (non-hydrogen) atoms. The van der Waals surface area contributed by atoms with E-state index in [0.717, 1.165) is 17.1 Å². The van der Waals surface area contributed by atoms with Crippen molar-refractivity contribution in [3.05, 3.63) is 76.0 Å².